The third-order valence-corrected chi connectivity index (χ3v) is 5.78. The molecule has 7 nitrogen and oxygen atoms in total. The summed E-state index contributed by atoms with van der Waals surface area (Å²) in [7, 11) is 3.92. The molecule has 2 atom stereocenters. The number of methoxy groups -OCH3 is 1. The summed E-state index contributed by atoms with van der Waals surface area (Å²) >= 11 is 0. The Balaban J connectivity index is 0.000000423. The Morgan fingerprint density at radius 2 is 1.90 bits per heavy atom. The quantitative estimate of drug-likeness (QED) is 0.749. The highest BCUT2D eigenvalue weighted by Crippen LogP contribution is 2.43. The molecule has 1 spiro atoms. The lowest BCUT2D eigenvalue weighted by atomic mass is 9.78. The summed E-state index contributed by atoms with van der Waals surface area (Å²) in [6.45, 7) is 6.62. The summed E-state index contributed by atoms with van der Waals surface area (Å²) in [4.78, 5) is 25.8. The number of carboxylic acid groups (broad SMARTS) is 1. The number of amides is 1. The molecule has 1 aromatic rings. The second kappa shape index (κ2) is 10.3. The number of likely N-dealkylation sites (tertiary alicyclic amines) is 2. The van der Waals surface area contributed by atoms with Gasteiger partial charge in [-0.25, -0.2) is 4.79 Å². The van der Waals surface area contributed by atoms with E-state index in [9.17, 15) is 18.0 Å². The number of hydrogen-bond donors (Lipinski definition) is 1. The molecule has 1 amide bonds. The molecule has 2 fully saturated rings. The fourth-order valence-electron chi connectivity index (χ4n) is 4.25. The number of hydrogen-bond acceptors (Lipinski definition) is 5. The van der Waals surface area contributed by atoms with Crippen molar-refractivity contribution in [1.82, 2.24) is 9.80 Å². The molecule has 2 aliphatic heterocycles. The number of rotatable bonds is 5. The van der Waals surface area contributed by atoms with Gasteiger partial charge in [-0.1, -0.05) is 18.2 Å². The van der Waals surface area contributed by atoms with E-state index in [2.05, 4.69) is 11.9 Å². The summed E-state index contributed by atoms with van der Waals surface area (Å²) in [5.74, 6) is -1.38. The van der Waals surface area contributed by atoms with Crippen LogP contribution in [0.5, 0.6) is 5.75 Å². The molecule has 0 aromatic heterocycles. The van der Waals surface area contributed by atoms with E-state index in [1.807, 2.05) is 36.1 Å². The lowest BCUT2D eigenvalue weighted by Gasteiger charge is -2.30. The lowest BCUT2D eigenvalue weighted by Crippen LogP contribution is -2.39. The largest absolute Gasteiger partial charge is 0.490 e. The van der Waals surface area contributed by atoms with Gasteiger partial charge in [-0.05, 0) is 32.0 Å². The summed E-state index contributed by atoms with van der Waals surface area (Å²) < 4.78 is 42.9. The molecule has 10 heteroatoms. The standard InChI is InChI=1S/C19H28N2O3.C2HF3O2/c1-15-6-4-5-7-17(15)24-12-18(22)21-9-8-19(14-21)13-20(2)10-16(19)11-23-3;3-2(4,5)1(6)7/h4-7,16H,8-14H2,1-3H3;(H,6,7)/t16-,19+;/m0./s1. The zero-order valence-electron chi connectivity index (χ0n) is 17.9. The van der Waals surface area contributed by atoms with Crippen LogP contribution in [-0.4, -0.2) is 86.5 Å². The number of ether oxygens (including phenoxy) is 2. The van der Waals surface area contributed by atoms with Gasteiger partial charge in [0.2, 0.25) is 0 Å². The summed E-state index contributed by atoms with van der Waals surface area (Å²) in [6, 6.07) is 7.81. The van der Waals surface area contributed by atoms with Gasteiger partial charge in [0, 0.05) is 44.6 Å². The van der Waals surface area contributed by atoms with Crippen molar-refractivity contribution in [3.63, 3.8) is 0 Å². The Kier molecular flexibility index (Phi) is 8.30. The average Bonchev–Trinajstić information content (AvgIpc) is 3.24. The lowest BCUT2D eigenvalue weighted by molar-refractivity contribution is -0.192. The highest BCUT2D eigenvalue weighted by molar-refractivity contribution is 5.78. The molecule has 174 valence electrons. The van der Waals surface area contributed by atoms with Gasteiger partial charge in [-0.2, -0.15) is 13.2 Å². The maximum absolute atomic E-state index is 12.6. The Morgan fingerprint density at radius 3 is 2.48 bits per heavy atom. The molecular formula is C21H29F3N2O5. The first-order valence-corrected chi connectivity index (χ1v) is 9.92. The molecule has 3 rings (SSSR count). The van der Waals surface area contributed by atoms with Gasteiger partial charge in [0.1, 0.15) is 5.75 Å². The average molecular weight is 446 g/mol. The number of aryl methyl sites for hydroxylation is 1. The molecule has 0 radical (unpaired) electrons. The Labute approximate surface area is 179 Å². The summed E-state index contributed by atoms with van der Waals surface area (Å²) in [6.07, 6.45) is -4.03. The minimum Gasteiger partial charge on any atom is -0.484 e. The summed E-state index contributed by atoms with van der Waals surface area (Å²) in [5.41, 5.74) is 1.24. The van der Waals surface area contributed by atoms with Gasteiger partial charge in [0.05, 0.1) is 6.61 Å². The van der Waals surface area contributed by atoms with Crippen molar-refractivity contribution in [2.75, 3.05) is 53.6 Å². The van der Waals surface area contributed by atoms with Gasteiger partial charge in [-0.15, -0.1) is 0 Å². The van der Waals surface area contributed by atoms with Crippen LogP contribution >= 0.6 is 0 Å². The molecule has 0 aliphatic carbocycles. The highest BCUT2D eigenvalue weighted by atomic mass is 19.4. The van der Waals surface area contributed by atoms with Crippen molar-refractivity contribution in [3.05, 3.63) is 29.8 Å². The summed E-state index contributed by atoms with van der Waals surface area (Å²) in [5, 5.41) is 7.12. The maximum Gasteiger partial charge on any atom is 0.490 e. The second-order valence-corrected chi connectivity index (χ2v) is 8.13. The van der Waals surface area contributed by atoms with Crippen molar-refractivity contribution in [2.24, 2.45) is 11.3 Å². The van der Waals surface area contributed by atoms with Crippen LogP contribution in [0.1, 0.15) is 12.0 Å². The molecule has 1 N–H and O–H groups in total. The van der Waals surface area contributed by atoms with E-state index in [1.165, 1.54) is 0 Å². The van der Waals surface area contributed by atoms with Crippen LogP contribution in [0.15, 0.2) is 24.3 Å². The first-order valence-electron chi connectivity index (χ1n) is 9.92. The topological polar surface area (TPSA) is 79.3 Å². The molecule has 2 aliphatic rings. The van der Waals surface area contributed by atoms with Crippen molar-refractivity contribution in [1.29, 1.82) is 0 Å². The van der Waals surface area contributed by atoms with E-state index < -0.39 is 12.1 Å². The molecule has 0 saturated carbocycles. The molecule has 31 heavy (non-hydrogen) atoms. The molecule has 0 bridgehead atoms. The smallest absolute Gasteiger partial charge is 0.484 e. The van der Waals surface area contributed by atoms with Crippen LogP contribution in [0.4, 0.5) is 13.2 Å². The SMILES string of the molecule is COC[C@@H]1CN(C)C[C@@]12CCN(C(=O)COc1ccccc1C)C2.O=C(O)C(F)(F)F. The molecule has 2 heterocycles. The van der Waals surface area contributed by atoms with Crippen molar-refractivity contribution < 1.29 is 37.3 Å². The van der Waals surface area contributed by atoms with E-state index in [1.54, 1.807) is 7.11 Å². The van der Waals surface area contributed by atoms with Crippen LogP contribution in [0.25, 0.3) is 0 Å². The second-order valence-electron chi connectivity index (χ2n) is 8.13. The van der Waals surface area contributed by atoms with Crippen LogP contribution in [0, 0.1) is 18.3 Å². The van der Waals surface area contributed by atoms with Crippen molar-refractivity contribution in [2.45, 2.75) is 19.5 Å². The number of halogens is 3. The van der Waals surface area contributed by atoms with Gasteiger partial charge in [0.15, 0.2) is 6.61 Å². The first-order chi connectivity index (χ1) is 14.5. The zero-order chi connectivity index (χ0) is 23.2. The predicted octanol–water partition coefficient (Wildman–Crippen LogP) is 2.43. The monoisotopic (exact) mass is 446 g/mol. The van der Waals surface area contributed by atoms with Crippen LogP contribution in [-0.2, 0) is 14.3 Å². The van der Waals surface area contributed by atoms with Gasteiger partial charge in [0.25, 0.3) is 5.91 Å². The number of carbonyl (C=O) groups is 2. The number of nitrogens with zero attached hydrogens (tertiary/aromatic N) is 2. The van der Waals surface area contributed by atoms with Crippen molar-refractivity contribution >= 4 is 11.9 Å². The third-order valence-electron chi connectivity index (χ3n) is 5.78. The normalized spacial score (nSPS) is 23.5. The molecule has 0 unspecified atom stereocenters. The Bertz CT molecular complexity index is 774. The van der Waals surface area contributed by atoms with E-state index in [0.29, 0.717) is 5.92 Å². The maximum atomic E-state index is 12.6. The first kappa shape index (κ1) is 24.9. The van der Waals surface area contributed by atoms with Gasteiger partial charge in [-0.3, -0.25) is 4.79 Å². The number of benzene rings is 1. The molecular weight excluding hydrogens is 417 g/mol. The minimum atomic E-state index is -5.08. The van der Waals surface area contributed by atoms with E-state index in [0.717, 1.165) is 50.5 Å². The van der Waals surface area contributed by atoms with E-state index >= 15 is 0 Å². The predicted molar refractivity (Wildman–Crippen MR) is 107 cm³/mol. The van der Waals surface area contributed by atoms with Crippen LogP contribution in [0.3, 0.4) is 0 Å². The fourth-order valence-corrected chi connectivity index (χ4v) is 4.25. The Morgan fingerprint density at radius 1 is 1.26 bits per heavy atom. The third kappa shape index (κ3) is 6.57. The van der Waals surface area contributed by atoms with E-state index in [4.69, 9.17) is 19.4 Å². The number of para-hydroxylation sites is 1. The van der Waals surface area contributed by atoms with Crippen LogP contribution < -0.4 is 4.74 Å². The highest BCUT2D eigenvalue weighted by Gasteiger charge is 2.50. The number of carbonyl (C=O) groups excluding carboxylic acids is 1. The number of aliphatic carboxylic acids is 1. The van der Waals surface area contributed by atoms with Gasteiger partial charge < -0.3 is 24.4 Å². The van der Waals surface area contributed by atoms with Gasteiger partial charge >= 0.3 is 12.1 Å². The fraction of sp³-hybridized carbons (Fsp3) is 0.619. The number of alkyl halides is 3. The molecule has 2 saturated heterocycles. The van der Waals surface area contributed by atoms with Crippen molar-refractivity contribution in [3.8, 4) is 5.75 Å². The molecule has 1 aromatic carbocycles. The minimum absolute atomic E-state index is 0.0841. The number of carboxylic acids is 1. The van der Waals surface area contributed by atoms with Crippen LogP contribution in [0.2, 0.25) is 0 Å². The van der Waals surface area contributed by atoms with E-state index in [-0.39, 0.29) is 17.9 Å². The Hall–Kier alpha value is -2.33. The zero-order valence-corrected chi connectivity index (χ0v) is 17.9.